The van der Waals surface area contributed by atoms with Gasteiger partial charge in [-0.2, -0.15) is 13.2 Å². The van der Waals surface area contributed by atoms with Crippen LogP contribution in [-0.2, 0) is 0 Å². The average Bonchev–Trinajstić information content (AvgIpc) is 2.08. The highest BCUT2D eigenvalue weighted by atomic mass is 35.5. The van der Waals surface area contributed by atoms with Gasteiger partial charge in [-0.25, -0.2) is 13.2 Å². The van der Waals surface area contributed by atoms with Gasteiger partial charge in [0.15, 0.2) is 11.6 Å². The van der Waals surface area contributed by atoms with Gasteiger partial charge in [0.1, 0.15) is 5.82 Å². The first-order valence-corrected chi connectivity index (χ1v) is 4.17. The van der Waals surface area contributed by atoms with Gasteiger partial charge in [0, 0.05) is 17.7 Å². The van der Waals surface area contributed by atoms with Crippen LogP contribution in [0.1, 0.15) is 18.0 Å². The van der Waals surface area contributed by atoms with E-state index < -0.39 is 41.7 Å². The molecule has 1 aromatic carbocycles. The minimum Gasteiger partial charge on any atom is -0.324 e. The molecule has 1 nitrogen and oxygen atoms in total. The van der Waals surface area contributed by atoms with Crippen LogP contribution in [0.15, 0.2) is 12.1 Å². The van der Waals surface area contributed by atoms with Crippen molar-refractivity contribution in [1.29, 1.82) is 0 Å². The summed E-state index contributed by atoms with van der Waals surface area (Å²) in [7, 11) is 0. The lowest BCUT2D eigenvalue weighted by molar-refractivity contribution is -0.138. The number of hydrogen-bond acceptors (Lipinski definition) is 1. The van der Waals surface area contributed by atoms with Crippen molar-refractivity contribution in [3.63, 3.8) is 0 Å². The Morgan fingerprint density at radius 1 is 1.12 bits per heavy atom. The van der Waals surface area contributed by atoms with Gasteiger partial charge in [-0.3, -0.25) is 0 Å². The smallest absolute Gasteiger partial charge is 0.324 e. The van der Waals surface area contributed by atoms with Crippen molar-refractivity contribution in [3.05, 3.63) is 35.1 Å². The molecule has 0 saturated heterocycles. The van der Waals surface area contributed by atoms with Crippen molar-refractivity contribution in [2.45, 2.75) is 18.6 Å². The predicted molar refractivity (Wildman–Crippen MR) is 51.2 cm³/mol. The molecule has 0 aliphatic carbocycles. The maximum Gasteiger partial charge on any atom is 0.390 e. The van der Waals surface area contributed by atoms with Gasteiger partial charge in [0.25, 0.3) is 0 Å². The molecule has 8 heteroatoms. The molecule has 0 bridgehead atoms. The van der Waals surface area contributed by atoms with E-state index in [0.717, 1.165) is 0 Å². The summed E-state index contributed by atoms with van der Waals surface area (Å²) in [6.45, 7) is 0. The Hall–Kier alpha value is -0.950. The van der Waals surface area contributed by atoms with Gasteiger partial charge in [-0.15, -0.1) is 12.4 Å². The molecule has 0 unspecified atom stereocenters. The van der Waals surface area contributed by atoms with Crippen molar-refractivity contribution in [1.82, 2.24) is 0 Å². The predicted octanol–water partition coefficient (Wildman–Crippen LogP) is 3.48. The summed E-state index contributed by atoms with van der Waals surface area (Å²) in [5.41, 5.74) is 4.20. The van der Waals surface area contributed by atoms with E-state index in [1.54, 1.807) is 0 Å². The molecule has 0 radical (unpaired) electrons. The standard InChI is InChI=1S/C9H7F6N.ClH/c10-4-1-5(8(12)6(11)2-4)7(16)3-9(13,14)15;/h1-2,7H,3,16H2;1H/t7-;/m1./s1. The molecule has 2 N–H and O–H groups in total. The Morgan fingerprint density at radius 3 is 2.12 bits per heavy atom. The molecular formula is C9H8ClF6N. The van der Waals surface area contributed by atoms with Gasteiger partial charge in [-0.1, -0.05) is 0 Å². The van der Waals surface area contributed by atoms with Gasteiger partial charge in [0.2, 0.25) is 0 Å². The Morgan fingerprint density at radius 2 is 1.65 bits per heavy atom. The van der Waals surface area contributed by atoms with Gasteiger partial charge < -0.3 is 5.73 Å². The lowest BCUT2D eigenvalue weighted by atomic mass is 10.0. The second-order valence-corrected chi connectivity index (χ2v) is 3.22. The summed E-state index contributed by atoms with van der Waals surface area (Å²) in [5, 5.41) is 0. The highest BCUT2D eigenvalue weighted by Crippen LogP contribution is 2.30. The second-order valence-electron chi connectivity index (χ2n) is 3.22. The van der Waals surface area contributed by atoms with Crippen LogP contribution in [0.25, 0.3) is 0 Å². The summed E-state index contributed by atoms with van der Waals surface area (Å²) in [5.74, 6) is -4.29. The van der Waals surface area contributed by atoms with Crippen LogP contribution in [0.3, 0.4) is 0 Å². The van der Waals surface area contributed by atoms with Crippen LogP contribution in [0.5, 0.6) is 0 Å². The number of rotatable bonds is 2. The van der Waals surface area contributed by atoms with E-state index in [1.165, 1.54) is 0 Å². The highest BCUT2D eigenvalue weighted by molar-refractivity contribution is 5.85. The van der Waals surface area contributed by atoms with E-state index in [4.69, 9.17) is 5.73 Å². The van der Waals surface area contributed by atoms with Crippen molar-refractivity contribution in [3.8, 4) is 0 Å². The van der Waals surface area contributed by atoms with Gasteiger partial charge >= 0.3 is 6.18 Å². The number of nitrogens with two attached hydrogens (primary N) is 1. The molecule has 1 rings (SSSR count). The van der Waals surface area contributed by atoms with Crippen molar-refractivity contribution >= 4 is 12.4 Å². The van der Waals surface area contributed by atoms with E-state index in [0.29, 0.717) is 6.07 Å². The first-order chi connectivity index (χ1) is 7.20. The zero-order valence-electron chi connectivity index (χ0n) is 8.19. The van der Waals surface area contributed by atoms with Gasteiger partial charge in [-0.05, 0) is 6.07 Å². The normalized spacial score (nSPS) is 13.1. The number of hydrogen-bond donors (Lipinski definition) is 1. The minimum atomic E-state index is -4.63. The number of alkyl halides is 3. The average molecular weight is 280 g/mol. The first-order valence-electron chi connectivity index (χ1n) is 4.17. The van der Waals surface area contributed by atoms with Crippen LogP contribution in [0.2, 0.25) is 0 Å². The van der Waals surface area contributed by atoms with E-state index >= 15 is 0 Å². The largest absolute Gasteiger partial charge is 0.390 e. The van der Waals surface area contributed by atoms with Crippen LogP contribution in [-0.4, -0.2) is 6.18 Å². The molecular weight excluding hydrogens is 272 g/mol. The van der Waals surface area contributed by atoms with Crippen LogP contribution in [0.4, 0.5) is 26.3 Å². The molecule has 0 aliphatic rings. The Labute approximate surface area is 99.0 Å². The third-order valence-electron chi connectivity index (χ3n) is 1.87. The molecule has 1 atom stereocenters. The highest BCUT2D eigenvalue weighted by Gasteiger charge is 2.32. The molecule has 0 fully saturated rings. The molecule has 0 aromatic heterocycles. The molecule has 1 aromatic rings. The molecule has 98 valence electrons. The van der Waals surface area contributed by atoms with Crippen molar-refractivity contribution in [2.24, 2.45) is 5.73 Å². The maximum absolute atomic E-state index is 13.0. The third kappa shape index (κ3) is 4.43. The van der Waals surface area contributed by atoms with E-state index in [1.807, 2.05) is 0 Å². The monoisotopic (exact) mass is 279 g/mol. The Bertz CT molecular complexity index is 392. The molecule has 17 heavy (non-hydrogen) atoms. The van der Waals surface area contributed by atoms with E-state index in [2.05, 4.69) is 0 Å². The topological polar surface area (TPSA) is 26.0 Å². The summed E-state index contributed by atoms with van der Waals surface area (Å²) < 4.78 is 74.2. The minimum absolute atomic E-state index is 0. The lowest BCUT2D eigenvalue weighted by Gasteiger charge is -2.15. The number of halogens is 7. The maximum atomic E-state index is 13.0. The van der Waals surface area contributed by atoms with E-state index in [-0.39, 0.29) is 18.5 Å². The van der Waals surface area contributed by atoms with Gasteiger partial charge in [0.05, 0.1) is 6.42 Å². The first kappa shape index (κ1) is 16.1. The van der Waals surface area contributed by atoms with Crippen LogP contribution in [0, 0.1) is 17.5 Å². The lowest BCUT2D eigenvalue weighted by Crippen LogP contribution is -2.21. The fraction of sp³-hybridized carbons (Fsp3) is 0.333. The summed E-state index contributed by atoms with van der Waals surface area (Å²) >= 11 is 0. The quantitative estimate of drug-likeness (QED) is 0.651. The van der Waals surface area contributed by atoms with Crippen LogP contribution >= 0.6 is 12.4 Å². The number of benzene rings is 1. The molecule has 0 spiro atoms. The van der Waals surface area contributed by atoms with Crippen molar-refractivity contribution in [2.75, 3.05) is 0 Å². The third-order valence-corrected chi connectivity index (χ3v) is 1.87. The molecule has 0 aliphatic heterocycles. The fourth-order valence-corrected chi connectivity index (χ4v) is 1.21. The summed E-state index contributed by atoms with van der Waals surface area (Å²) in [4.78, 5) is 0. The van der Waals surface area contributed by atoms with Crippen molar-refractivity contribution < 1.29 is 26.3 Å². The van der Waals surface area contributed by atoms with E-state index in [9.17, 15) is 26.3 Å². The SMILES string of the molecule is Cl.N[C@H](CC(F)(F)F)c1cc(F)cc(F)c1F. The molecule has 0 amide bonds. The molecule has 0 heterocycles. The zero-order valence-corrected chi connectivity index (χ0v) is 9.01. The summed E-state index contributed by atoms with van der Waals surface area (Å²) in [6.07, 6.45) is -6.18. The zero-order chi connectivity index (χ0) is 12.5. The Kier molecular flexibility index (Phi) is 5.28. The second kappa shape index (κ2) is 5.59. The molecule has 0 saturated carbocycles. The summed E-state index contributed by atoms with van der Waals surface area (Å²) in [6, 6.07) is -1.14. The fourth-order valence-electron chi connectivity index (χ4n) is 1.21. The Balaban J connectivity index is 0.00000256. The van der Waals surface area contributed by atoms with Crippen LogP contribution < -0.4 is 5.73 Å².